The van der Waals surface area contributed by atoms with E-state index in [4.69, 9.17) is 0 Å². The molecule has 1 aliphatic carbocycles. The number of hydrogen-bond donors (Lipinski definition) is 3. The second-order valence-electron chi connectivity index (χ2n) is 5.43. The van der Waals surface area contributed by atoms with Gasteiger partial charge in [-0.05, 0) is 32.6 Å². The van der Waals surface area contributed by atoms with Crippen LogP contribution in [-0.2, 0) is 9.59 Å². The number of carbonyl (C=O) groups is 2. The van der Waals surface area contributed by atoms with Crippen LogP contribution in [0.25, 0.3) is 0 Å². The number of carboxylic acids is 1. The molecule has 1 fully saturated rings. The molecule has 3 atom stereocenters. The Morgan fingerprint density at radius 2 is 1.95 bits per heavy atom. The molecule has 6 nitrogen and oxygen atoms in total. The quantitative estimate of drug-likeness (QED) is 0.775. The zero-order chi connectivity index (χ0) is 14.2. The third-order valence-electron chi connectivity index (χ3n) is 3.83. The van der Waals surface area contributed by atoms with Crippen LogP contribution in [0, 0.1) is 31.6 Å². The molecular weight excluding hydrogens is 246 g/mol. The third-order valence-corrected chi connectivity index (χ3v) is 3.83. The number of aromatic nitrogens is 2. The first-order valence-electron chi connectivity index (χ1n) is 6.45. The van der Waals surface area contributed by atoms with Gasteiger partial charge in [-0.3, -0.25) is 14.7 Å². The lowest BCUT2D eigenvalue weighted by molar-refractivity contribution is -0.145. The second-order valence-corrected chi connectivity index (χ2v) is 5.43. The first-order chi connectivity index (χ1) is 8.90. The predicted molar refractivity (Wildman–Crippen MR) is 69.7 cm³/mol. The number of aliphatic carboxylic acids is 1. The molecule has 6 heteroatoms. The van der Waals surface area contributed by atoms with Crippen LogP contribution in [0.3, 0.4) is 0 Å². The van der Waals surface area contributed by atoms with Gasteiger partial charge < -0.3 is 10.4 Å². The van der Waals surface area contributed by atoms with Crippen LogP contribution in [0.15, 0.2) is 0 Å². The Labute approximate surface area is 111 Å². The molecule has 104 valence electrons. The standard InChI is InChI=1S/C13H19N3O3/c1-6-4-9(10(5-6)13(18)19)12(17)14-11-7(2)15-16-8(11)3/h6,9-10H,4-5H2,1-3H3,(H,14,17)(H,15,16)(H,18,19)/t6?,9-,10+/m0/s1. The molecule has 0 aliphatic heterocycles. The maximum absolute atomic E-state index is 12.3. The number of anilines is 1. The number of carbonyl (C=O) groups excluding carboxylic acids is 1. The van der Waals surface area contributed by atoms with Gasteiger partial charge in [0.05, 0.1) is 28.9 Å². The maximum Gasteiger partial charge on any atom is 0.307 e. The molecule has 19 heavy (non-hydrogen) atoms. The lowest BCUT2D eigenvalue weighted by atomic mass is 9.95. The van der Waals surface area contributed by atoms with E-state index in [2.05, 4.69) is 15.5 Å². The SMILES string of the molecule is Cc1n[nH]c(C)c1NC(=O)[C@H]1CC(C)C[C@H]1C(=O)O. The van der Waals surface area contributed by atoms with Gasteiger partial charge in [0.2, 0.25) is 5.91 Å². The molecule has 0 bridgehead atoms. The summed E-state index contributed by atoms with van der Waals surface area (Å²) in [5, 5.41) is 18.8. The number of nitrogens with one attached hydrogen (secondary N) is 2. The van der Waals surface area contributed by atoms with Gasteiger partial charge in [0.1, 0.15) is 0 Å². The van der Waals surface area contributed by atoms with Crippen molar-refractivity contribution >= 4 is 17.6 Å². The summed E-state index contributed by atoms with van der Waals surface area (Å²) in [5.41, 5.74) is 2.15. The molecule has 1 amide bonds. The third kappa shape index (κ3) is 2.62. The minimum absolute atomic E-state index is 0.218. The second kappa shape index (κ2) is 5.03. The molecule has 1 heterocycles. The van der Waals surface area contributed by atoms with Crippen LogP contribution in [0.1, 0.15) is 31.2 Å². The number of amides is 1. The van der Waals surface area contributed by atoms with Crippen molar-refractivity contribution in [1.82, 2.24) is 10.2 Å². The minimum Gasteiger partial charge on any atom is -0.481 e. The van der Waals surface area contributed by atoms with Gasteiger partial charge in [0, 0.05) is 0 Å². The lowest BCUT2D eigenvalue weighted by Gasteiger charge is -2.15. The first-order valence-corrected chi connectivity index (χ1v) is 6.45. The fourth-order valence-electron chi connectivity index (χ4n) is 2.81. The van der Waals surface area contributed by atoms with Gasteiger partial charge in [-0.2, -0.15) is 5.10 Å². The molecule has 0 aromatic carbocycles. The van der Waals surface area contributed by atoms with Crippen LogP contribution < -0.4 is 5.32 Å². The highest BCUT2D eigenvalue weighted by molar-refractivity contribution is 5.96. The van der Waals surface area contributed by atoms with Crippen molar-refractivity contribution in [3.8, 4) is 0 Å². The molecule has 1 unspecified atom stereocenters. The Hall–Kier alpha value is -1.85. The number of rotatable bonds is 3. The van der Waals surface area contributed by atoms with E-state index in [0.29, 0.717) is 24.2 Å². The van der Waals surface area contributed by atoms with Gasteiger partial charge in [0.15, 0.2) is 0 Å². The Balaban J connectivity index is 2.13. The average Bonchev–Trinajstić information content (AvgIpc) is 2.87. The molecule has 1 aliphatic rings. The molecule has 0 saturated heterocycles. The Kier molecular flexibility index (Phi) is 3.59. The highest BCUT2D eigenvalue weighted by Crippen LogP contribution is 2.37. The van der Waals surface area contributed by atoms with Crippen LogP contribution in [0.2, 0.25) is 0 Å². The number of nitrogens with zero attached hydrogens (tertiary/aromatic N) is 1. The van der Waals surface area contributed by atoms with Gasteiger partial charge >= 0.3 is 5.97 Å². The Morgan fingerprint density at radius 3 is 2.47 bits per heavy atom. The summed E-state index contributed by atoms with van der Waals surface area (Å²) in [4.78, 5) is 23.5. The van der Waals surface area contributed by atoms with E-state index in [1.165, 1.54) is 0 Å². The Bertz CT molecular complexity index is 490. The topological polar surface area (TPSA) is 95.1 Å². The summed E-state index contributed by atoms with van der Waals surface area (Å²) in [6.45, 7) is 5.60. The highest BCUT2D eigenvalue weighted by Gasteiger charge is 2.41. The minimum atomic E-state index is -0.884. The van der Waals surface area contributed by atoms with Crippen molar-refractivity contribution in [2.75, 3.05) is 5.32 Å². The molecule has 3 N–H and O–H groups in total. The van der Waals surface area contributed by atoms with E-state index >= 15 is 0 Å². The maximum atomic E-state index is 12.3. The Morgan fingerprint density at radius 1 is 1.32 bits per heavy atom. The monoisotopic (exact) mass is 265 g/mol. The fourth-order valence-corrected chi connectivity index (χ4v) is 2.81. The van der Waals surface area contributed by atoms with Crippen LogP contribution in [0.5, 0.6) is 0 Å². The molecular formula is C13H19N3O3. The van der Waals surface area contributed by atoms with E-state index in [1.807, 2.05) is 13.8 Å². The summed E-state index contributed by atoms with van der Waals surface area (Å²) in [6, 6.07) is 0. The normalized spacial score (nSPS) is 26.4. The van der Waals surface area contributed by atoms with E-state index in [1.54, 1.807) is 6.92 Å². The summed E-state index contributed by atoms with van der Waals surface area (Å²) < 4.78 is 0. The molecule has 2 rings (SSSR count). The van der Waals surface area contributed by atoms with Gasteiger partial charge in [0.25, 0.3) is 0 Å². The number of aryl methyl sites for hydroxylation is 2. The smallest absolute Gasteiger partial charge is 0.307 e. The molecule has 0 spiro atoms. The number of carboxylic acid groups (broad SMARTS) is 1. The summed E-state index contributed by atoms with van der Waals surface area (Å²) in [5.74, 6) is -1.87. The van der Waals surface area contributed by atoms with Crippen molar-refractivity contribution in [1.29, 1.82) is 0 Å². The van der Waals surface area contributed by atoms with Crippen molar-refractivity contribution in [2.45, 2.75) is 33.6 Å². The van der Waals surface area contributed by atoms with E-state index in [-0.39, 0.29) is 11.8 Å². The summed E-state index contributed by atoms with van der Waals surface area (Å²) >= 11 is 0. The van der Waals surface area contributed by atoms with Crippen molar-refractivity contribution in [3.05, 3.63) is 11.4 Å². The number of aromatic amines is 1. The zero-order valence-corrected chi connectivity index (χ0v) is 11.4. The van der Waals surface area contributed by atoms with E-state index < -0.39 is 17.8 Å². The van der Waals surface area contributed by atoms with Crippen LogP contribution in [0.4, 0.5) is 5.69 Å². The molecule has 1 aromatic heterocycles. The molecule has 0 radical (unpaired) electrons. The van der Waals surface area contributed by atoms with Crippen molar-refractivity contribution in [3.63, 3.8) is 0 Å². The van der Waals surface area contributed by atoms with Crippen LogP contribution in [-0.4, -0.2) is 27.2 Å². The van der Waals surface area contributed by atoms with Crippen LogP contribution >= 0.6 is 0 Å². The van der Waals surface area contributed by atoms with Crippen molar-refractivity contribution < 1.29 is 14.7 Å². The number of hydrogen-bond acceptors (Lipinski definition) is 3. The van der Waals surface area contributed by atoms with E-state index in [0.717, 1.165) is 5.69 Å². The first kappa shape index (κ1) is 13.6. The largest absolute Gasteiger partial charge is 0.481 e. The fraction of sp³-hybridized carbons (Fsp3) is 0.615. The summed E-state index contributed by atoms with van der Waals surface area (Å²) in [6.07, 6.45) is 1.19. The predicted octanol–water partition coefficient (Wildman–Crippen LogP) is 1.71. The van der Waals surface area contributed by atoms with Crippen molar-refractivity contribution in [2.24, 2.45) is 17.8 Å². The summed E-state index contributed by atoms with van der Waals surface area (Å²) in [7, 11) is 0. The lowest BCUT2D eigenvalue weighted by Crippen LogP contribution is -2.30. The zero-order valence-electron chi connectivity index (χ0n) is 11.4. The average molecular weight is 265 g/mol. The number of H-pyrrole nitrogens is 1. The van der Waals surface area contributed by atoms with Gasteiger partial charge in [-0.1, -0.05) is 6.92 Å². The van der Waals surface area contributed by atoms with Gasteiger partial charge in [-0.25, -0.2) is 0 Å². The van der Waals surface area contributed by atoms with E-state index in [9.17, 15) is 14.7 Å². The van der Waals surface area contributed by atoms with Gasteiger partial charge in [-0.15, -0.1) is 0 Å². The highest BCUT2D eigenvalue weighted by atomic mass is 16.4. The molecule has 1 aromatic rings. The molecule has 1 saturated carbocycles.